The SMILES string of the molecule is O=C(Cc1ccc(Br)cc1)OC(=O)c1cc(-c2ccccc2)nc2ccc(Cl)cc12. The lowest BCUT2D eigenvalue weighted by atomic mass is 10.0. The standard InChI is InChI=1S/C24H15BrClNO3/c25-17-8-6-15(7-9-17)12-23(28)30-24(29)20-14-22(16-4-2-1-3-5-16)27-21-11-10-18(26)13-19(20)21/h1-11,13-14H,12H2. The quantitative estimate of drug-likeness (QED) is 0.256. The summed E-state index contributed by atoms with van der Waals surface area (Å²) in [7, 11) is 0. The van der Waals surface area contributed by atoms with Gasteiger partial charge in [-0.25, -0.2) is 9.78 Å². The monoisotopic (exact) mass is 479 g/mol. The van der Waals surface area contributed by atoms with Gasteiger partial charge in [0.2, 0.25) is 0 Å². The number of fused-ring (bicyclic) bond motifs is 1. The summed E-state index contributed by atoms with van der Waals surface area (Å²) in [6, 6.07) is 23.5. The molecule has 0 spiro atoms. The fourth-order valence-electron chi connectivity index (χ4n) is 3.09. The van der Waals surface area contributed by atoms with Crippen molar-refractivity contribution in [3.8, 4) is 11.3 Å². The van der Waals surface area contributed by atoms with Crippen LogP contribution in [0.15, 0.2) is 83.3 Å². The number of esters is 2. The molecule has 6 heteroatoms. The van der Waals surface area contributed by atoms with Crippen molar-refractivity contribution in [3.05, 3.63) is 99.5 Å². The van der Waals surface area contributed by atoms with Crippen molar-refractivity contribution in [1.29, 1.82) is 0 Å². The summed E-state index contributed by atoms with van der Waals surface area (Å²) in [6.45, 7) is 0. The lowest BCUT2D eigenvalue weighted by molar-refractivity contribution is -0.137. The molecule has 0 radical (unpaired) electrons. The van der Waals surface area contributed by atoms with Gasteiger partial charge in [-0.05, 0) is 42.0 Å². The van der Waals surface area contributed by atoms with Gasteiger partial charge in [0.05, 0.1) is 23.2 Å². The summed E-state index contributed by atoms with van der Waals surface area (Å²) in [5.41, 5.74) is 3.05. The molecule has 0 unspecified atom stereocenters. The van der Waals surface area contributed by atoms with E-state index in [0.717, 1.165) is 15.6 Å². The molecule has 0 aliphatic carbocycles. The summed E-state index contributed by atoms with van der Waals surface area (Å²) < 4.78 is 6.06. The van der Waals surface area contributed by atoms with Gasteiger partial charge in [-0.1, -0.05) is 70.0 Å². The number of pyridine rings is 1. The molecule has 4 aromatic rings. The van der Waals surface area contributed by atoms with Gasteiger partial charge in [0, 0.05) is 20.4 Å². The van der Waals surface area contributed by atoms with Gasteiger partial charge >= 0.3 is 11.9 Å². The first-order valence-electron chi connectivity index (χ1n) is 9.15. The van der Waals surface area contributed by atoms with Crippen LogP contribution in [-0.2, 0) is 16.0 Å². The molecule has 0 amide bonds. The predicted molar refractivity (Wildman–Crippen MR) is 120 cm³/mol. The molecule has 1 heterocycles. The highest BCUT2D eigenvalue weighted by atomic mass is 79.9. The van der Waals surface area contributed by atoms with Crippen LogP contribution in [0, 0.1) is 0 Å². The second-order valence-electron chi connectivity index (χ2n) is 6.65. The Kier molecular flexibility index (Phi) is 5.93. The number of halogens is 2. The summed E-state index contributed by atoms with van der Waals surface area (Å²) in [6.07, 6.45) is -0.00562. The minimum absolute atomic E-state index is 0.00562. The number of hydrogen-bond acceptors (Lipinski definition) is 4. The number of benzene rings is 3. The minimum atomic E-state index is -0.732. The molecular weight excluding hydrogens is 466 g/mol. The fraction of sp³-hybridized carbons (Fsp3) is 0.0417. The molecule has 0 N–H and O–H groups in total. The molecule has 0 saturated heterocycles. The number of hydrogen-bond donors (Lipinski definition) is 0. The molecular formula is C24H15BrClNO3. The molecule has 0 atom stereocenters. The third-order valence-corrected chi connectivity index (χ3v) is 5.29. The molecule has 30 heavy (non-hydrogen) atoms. The Labute approximate surface area is 186 Å². The molecule has 0 saturated carbocycles. The lowest BCUT2D eigenvalue weighted by Crippen LogP contribution is -2.15. The molecule has 3 aromatic carbocycles. The molecule has 148 valence electrons. The summed E-state index contributed by atoms with van der Waals surface area (Å²) in [5, 5.41) is 0.996. The van der Waals surface area contributed by atoms with Crippen molar-refractivity contribution < 1.29 is 14.3 Å². The molecule has 0 bridgehead atoms. The largest absolute Gasteiger partial charge is 0.389 e. The van der Waals surface area contributed by atoms with E-state index >= 15 is 0 Å². The predicted octanol–water partition coefficient (Wildman–Crippen LogP) is 6.24. The van der Waals surface area contributed by atoms with E-state index in [4.69, 9.17) is 16.3 Å². The van der Waals surface area contributed by atoms with Crippen LogP contribution in [0.5, 0.6) is 0 Å². The average Bonchev–Trinajstić information content (AvgIpc) is 2.75. The lowest BCUT2D eigenvalue weighted by Gasteiger charge is -2.10. The van der Waals surface area contributed by atoms with Crippen molar-refractivity contribution >= 4 is 50.4 Å². The van der Waals surface area contributed by atoms with Gasteiger partial charge in [-0.2, -0.15) is 0 Å². The second-order valence-corrected chi connectivity index (χ2v) is 8.00. The maximum absolute atomic E-state index is 12.9. The molecule has 0 aliphatic rings. The molecule has 0 fully saturated rings. The van der Waals surface area contributed by atoms with E-state index in [-0.39, 0.29) is 12.0 Å². The maximum atomic E-state index is 12.9. The van der Waals surface area contributed by atoms with E-state index in [1.165, 1.54) is 0 Å². The maximum Gasteiger partial charge on any atom is 0.346 e. The van der Waals surface area contributed by atoms with Crippen LogP contribution in [0.1, 0.15) is 15.9 Å². The van der Waals surface area contributed by atoms with Crippen molar-refractivity contribution in [3.63, 3.8) is 0 Å². The Morgan fingerprint density at radius 3 is 2.40 bits per heavy atom. The zero-order chi connectivity index (χ0) is 21.1. The van der Waals surface area contributed by atoms with Gasteiger partial charge in [-0.15, -0.1) is 0 Å². The van der Waals surface area contributed by atoms with Crippen molar-refractivity contribution in [1.82, 2.24) is 4.98 Å². The average molecular weight is 481 g/mol. The van der Waals surface area contributed by atoms with E-state index < -0.39 is 11.9 Å². The van der Waals surface area contributed by atoms with E-state index in [9.17, 15) is 9.59 Å². The first kappa shape index (κ1) is 20.3. The van der Waals surface area contributed by atoms with Gasteiger partial charge in [0.1, 0.15) is 0 Å². The Morgan fingerprint density at radius 1 is 0.933 bits per heavy atom. The number of carbonyl (C=O) groups is 2. The highest BCUT2D eigenvalue weighted by Crippen LogP contribution is 2.27. The van der Waals surface area contributed by atoms with E-state index in [0.29, 0.717) is 21.6 Å². The van der Waals surface area contributed by atoms with E-state index in [1.54, 1.807) is 36.4 Å². The van der Waals surface area contributed by atoms with Crippen molar-refractivity contribution in [2.75, 3.05) is 0 Å². The second kappa shape index (κ2) is 8.78. The smallest absolute Gasteiger partial charge is 0.346 e. The zero-order valence-electron chi connectivity index (χ0n) is 15.6. The molecule has 4 nitrogen and oxygen atoms in total. The van der Waals surface area contributed by atoms with Crippen LogP contribution >= 0.6 is 27.5 Å². The molecule has 1 aromatic heterocycles. The van der Waals surface area contributed by atoms with Crippen LogP contribution in [0.25, 0.3) is 22.2 Å². The third-order valence-electron chi connectivity index (χ3n) is 4.53. The van der Waals surface area contributed by atoms with Gasteiger partial charge in [0.15, 0.2) is 0 Å². The Balaban J connectivity index is 1.67. The van der Waals surface area contributed by atoms with Crippen LogP contribution in [-0.4, -0.2) is 16.9 Å². The summed E-state index contributed by atoms with van der Waals surface area (Å²) in [4.78, 5) is 29.9. The topological polar surface area (TPSA) is 56.3 Å². The summed E-state index contributed by atoms with van der Waals surface area (Å²) in [5.74, 6) is -1.36. The first-order valence-corrected chi connectivity index (χ1v) is 10.3. The number of aromatic nitrogens is 1. The molecule has 4 rings (SSSR count). The number of carbonyl (C=O) groups excluding carboxylic acids is 2. The van der Waals surface area contributed by atoms with Crippen molar-refractivity contribution in [2.24, 2.45) is 0 Å². The highest BCUT2D eigenvalue weighted by molar-refractivity contribution is 9.10. The van der Waals surface area contributed by atoms with E-state index in [2.05, 4.69) is 20.9 Å². The van der Waals surface area contributed by atoms with Crippen LogP contribution in [0.4, 0.5) is 0 Å². The number of ether oxygens (including phenoxy) is 1. The van der Waals surface area contributed by atoms with Gasteiger partial charge in [-0.3, -0.25) is 4.79 Å². The Bertz CT molecular complexity index is 1240. The Morgan fingerprint density at radius 2 is 1.67 bits per heavy atom. The van der Waals surface area contributed by atoms with Crippen LogP contribution < -0.4 is 0 Å². The third kappa shape index (κ3) is 4.58. The van der Waals surface area contributed by atoms with Gasteiger partial charge < -0.3 is 4.74 Å². The zero-order valence-corrected chi connectivity index (χ0v) is 18.0. The first-order chi connectivity index (χ1) is 14.5. The summed E-state index contributed by atoms with van der Waals surface area (Å²) >= 11 is 9.48. The normalized spacial score (nSPS) is 10.7. The fourth-order valence-corrected chi connectivity index (χ4v) is 3.52. The van der Waals surface area contributed by atoms with Crippen LogP contribution in [0.2, 0.25) is 5.02 Å². The number of nitrogens with zero attached hydrogens (tertiary/aromatic N) is 1. The van der Waals surface area contributed by atoms with Crippen molar-refractivity contribution in [2.45, 2.75) is 6.42 Å². The van der Waals surface area contributed by atoms with Crippen LogP contribution in [0.3, 0.4) is 0 Å². The van der Waals surface area contributed by atoms with E-state index in [1.807, 2.05) is 42.5 Å². The Hall–Kier alpha value is -3.02. The molecule has 0 aliphatic heterocycles. The number of rotatable bonds is 4. The highest BCUT2D eigenvalue weighted by Gasteiger charge is 2.19. The minimum Gasteiger partial charge on any atom is -0.389 e. The van der Waals surface area contributed by atoms with Gasteiger partial charge in [0.25, 0.3) is 0 Å².